The molecular formula is C16H21N5. The Hall–Kier alpha value is -2.27. The molecule has 21 heavy (non-hydrogen) atoms. The summed E-state index contributed by atoms with van der Waals surface area (Å²) < 4.78 is 0. The van der Waals surface area contributed by atoms with Crippen molar-refractivity contribution in [1.82, 2.24) is 10.3 Å². The number of hydrogen-bond donors (Lipinski definition) is 3. The summed E-state index contributed by atoms with van der Waals surface area (Å²) >= 11 is 0. The van der Waals surface area contributed by atoms with Gasteiger partial charge in [0.05, 0.1) is 0 Å². The number of benzene rings is 1. The number of nitrogen functional groups attached to an aromatic ring is 2. The first kappa shape index (κ1) is 13.7. The minimum absolute atomic E-state index is 0.476. The van der Waals surface area contributed by atoms with Gasteiger partial charge in [0.25, 0.3) is 0 Å². The molecule has 3 rings (SSSR count). The molecular weight excluding hydrogens is 262 g/mol. The lowest BCUT2D eigenvalue weighted by Crippen LogP contribution is -2.43. The molecule has 5 nitrogen and oxygen atoms in total. The Kier molecular flexibility index (Phi) is 3.66. The second kappa shape index (κ2) is 5.61. The van der Waals surface area contributed by atoms with E-state index in [0.717, 1.165) is 37.3 Å². The summed E-state index contributed by atoms with van der Waals surface area (Å²) in [4.78, 5) is 6.55. The van der Waals surface area contributed by atoms with Crippen molar-refractivity contribution >= 4 is 17.2 Å². The van der Waals surface area contributed by atoms with Crippen LogP contribution in [0.5, 0.6) is 0 Å². The summed E-state index contributed by atoms with van der Waals surface area (Å²) in [6.07, 6.45) is 1.64. The molecule has 1 aliphatic rings. The molecule has 0 atom stereocenters. The number of nitrogens with two attached hydrogens (primary N) is 2. The highest BCUT2D eigenvalue weighted by atomic mass is 15.2. The quantitative estimate of drug-likeness (QED) is 0.780. The van der Waals surface area contributed by atoms with E-state index >= 15 is 0 Å². The van der Waals surface area contributed by atoms with Crippen LogP contribution in [0.3, 0.4) is 0 Å². The number of aromatic nitrogens is 1. The van der Waals surface area contributed by atoms with Crippen LogP contribution in [0.4, 0.5) is 17.2 Å². The van der Waals surface area contributed by atoms with E-state index in [1.165, 1.54) is 11.3 Å². The zero-order valence-electron chi connectivity index (χ0n) is 12.3. The number of rotatable bonds is 2. The number of nitrogens with zero attached hydrogens (tertiary/aromatic N) is 2. The van der Waals surface area contributed by atoms with Gasteiger partial charge in [0.1, 0.15) is 5.82 Å². The molecule has 1 aromatic heterocycles. The maximum atomic E-state index is 6.05. The van der Waals surface area contributed by atoms with Crippen LogP contribution >= 0.6 is 0 Å². The molecule has 1 aromatic carbocycles. The summed E-state index contributed by atoms with van der Waals surface area (Å²) in [5.41, 5.74) is 17.0. The minimum Gasteiger partial charge on any atom is -0.398 e. The van der Waals surface area contributed by atoms with Gasteiger partial charge in [0, 0.05) is 49.3 Å². The number of nitrogens with one attached hydrogen (secondary N) is 1. The van der Waals surface area contributed by atoms with E-state index in [2.05, 4.69) is 40.3 Å². The summed E-state index contributed by atoms with van der Waals surface area (Å²) in [5.74, 6) is 0.476. The molecule has 0 radical (unpaired) electrons. The van der Waals surface area contributed by atoms with Crippen molar-refractivity contribution in [2.75, 3.05) is 42.5 Å². The van der Waals surface area contributed by atoms with Gasteiger partial charge < -0.3 is 21.7 Å². The first-order valence-corrected chi connectivity index (χ1v) is 7.23. The molecule has 0 aliphatic carbocycles. The van der Waals surface area contributed by atoms with Gasteiger partial charge in [-0.05, 0) is 36.2 Å². The zero-order valence-corrected chi connectivity index (χ0v) is 12.3. The fourth-order valence-electron chi connectivity index (χ4n) is 2.88. The smallest absolute Gasteiger partial charge is 0.133 e. The molecule has 5 N–H and O–H groups in total. The summed E-state index contributed by atoms with van der Waals surface area (Å²) in [5, 5.41) is 3.37. The van der Waals surface area contributed by atoms with Crippen molar-refractivity contribution in [3.8, 4) is 11.1 Å². The molecule has 110 valence electrons. The Labute approximate surface area is 125 Å². The van der Waals surface area contributed by atoms with E-state index in [0.29, 0.717) is 11.5 Å². The molecule has 0 saturated carbocycles. The van der Waals surface area contributed by atoms with Crippen LogP contribution < -0.4 is 21.7 Å². The van der Waals surface area contributed by atoms with Crippen LogP contribution in [0.1, 0.15) is 5.56 Å². The SMILES string of the molecule is Cc1cc(-c2c(N)ccnc2N)ccc1N1CCNCC1. The molecule has 1 aliphatic heterocycles. The molecule has 5 heteroatoms. The number of aryl methyl sites for hydroxylation is 1. The van der Waals surface area contributed by atoms with Gasteiger partial charge in [-0.15, -0.1) is 0 Å². The molecule has 0 spiro atoms. The number of hydrogen-bond acceptors (Lipinski definition) is 5. The number of anilines is 3. The first-order valence-electron chi connectivity index (χ1n) is 7.23. The maximum absolute atomic E-state index is 6.05. The second-order valence-electron chi connectivity index (χ2n) is 5.40. The fraction of sp³-hybridized carbons (Fsp3) is 0.312. The van der Waals surface area contributed by atoms with Gasteiger partial charge >= 0.3 is 0 Å². The normalized spacial score (nSPS) is 15.2. The van der Waals surface area contributed by atoms with Gasteiger partial charge in [-0.2, -0.15) is 0 Å². The standard InChI is InChI=1S/C16H21N5/c1-11-10-12(15-13(17)4-5-20-16(15)18)2-3-14(11)21-8-6-19-7-9-21/h2-5,10,19H,6-9H2,1H3,(H4,17,18,20). The Morgan fingerprint density at radius 3 is 2.57 bits per heavy atom. The molecule has 0 bridgehead atoms. The highest BCUT2D eigenvalue weighted by molar-refractivity contribution is 5.85. The van der Waals surface area contributed by atoms with Gasteiger partial charge in [0.2, 0.25) is 0 Å². The van der Waals surface area contributed by atoms with E-state index in [1.54, 1.807) is 12.3 Å². The average molecular weight is 283 g/mol. The van der Waals surface area contributed by atoms with Crippen molar-refractivity contribution in [3.05, 3.63) is 36.0 Å². The number of piperazine rings is 1. The predicted molar refractivity (Wildman–Crippen MR) is 88.3 cm³/mol. The second-order valence-corrected chi connectivity index (χ2v) is 5.40. The Morgan fingerprint density at radius 2 is 1.90 bits per heavy atom. The van der Waals surface area contributed by atoms with Crippen molar-refractivity contribution in [2.45, 2.75) is 6.92 Å². The van der Waals surface area contributed by atoms with Crippen LogP contribution in [0.25, 0.3) is 11.1 Å². The molecule has 2 heterocycles. The third-order valence-corrected chi connectivity index (χ3v) is 3.96. The van der Waals surface area contributed by atoms with Crippen LogP contribution in [-0.2, 0) is 0 Å². The highest BCUT2D eigenvalue weighted by Gasteiger charge is 2.14. The van der Waals surface area contributed by atoms with Crippen LogP contribution in [0.2, 0.25) is 0 Å². The molecule has 0 unspecified atom stereocenters. The van der Waals surface area contributed by atoms with E-state index in [1.807, 2.05) is 0 Å². The van der Waals surface area contributed by atoms with Gasteiger partial charge in [-0.3, -0.25) is 0 Å². The Balaban J connectivity index is 1.97. The fourth-order valence-corrected chi connectivity index (χ4v) is 2.88. The predicted octanol–water partition coefficient (Wildman–Crippen LogP) is 1.63. The summed E-state index contributed by atoms with van der Waals surface area (Å²) in [6.45, 7) is 6.27. The highest BCUT2D eigenvalue weighted by Crippen LogP contribution is 2.33. The van der Waals surface area contributed by atoms with Gasteiger partial charge in [0.15, 0.2) is 0 Å². The minimum atomic E-state index is 0.476. The third kappa shape index (κ3) is 2.64. The van der Waals surface area contributed by atoms with Crippen molar-refractivity contribution in [2.24, 2.45) is 0 Å². The van der Waals surface area contributed by atoms with Crippen LogP contribution in [0, 0.1) is 6.92 Å². The molecule has 0 amide bonds. The molecule has 1 fully saturated rings. The largest absolute Gasteiger partial charge is 0.398 e. The molecule has 2 aromatic rings. The van der Waals surface area contributed by atoms with E-state index in [4.69, 9.17) is 11.5 Å². The third-order valence-electron chi connectivity index (χ3n) is 3.96. The van der Waals surface area contributed by atoms with E-state index in [-0.39, 0.29) is 0 Å². The van der Waals surface area contributed by atoms with Crippen molar-refractivity contribution in [3.63, 3.8) is 0 Å². The lowest BCUT2D eigenvalue weighted by Gasteiger charge is -2.31. The van der Waals surface area contributed by atoms with E-state index in [9.17, 15) is 0 Å². The lowest BCUT2D eigenvalue weighted by atomic mass is 10.0. The van der Waals surface area contributed by atoms with E-state index < -0.39 is 0 Å². The van der Waals surface area contributed by atoms with Gasteiger partial charge in [-0.25, -0.2) is 4.98 Å². The zero-order chi connectivity index (χ0) is 14.8. The van der Waals surface area contributed by atoms with Crippen LogP contribution in [0.15, 0.2) is 30.5 Å². The topological polar surface area (TPSA) is 80.2 Å². The summed E-state index contributed by atoms with van der Waals surface area (Å²) in [6, 6.07) is 8.16. The van der Waals surface area contributed by atoms with Crippen molar-refractivity contribution < 1.29 is 0 Å². The lowest BCUT2D eigenvalue weighted by molar-refractivity contribution is 0.588. The first-order chi connectivity index (χ1) is 10.2. The summed E-state index contributed by atoms with van der Waals surface area (Å²) in [7, 11) is 0. The van der Waals surface area contributed by atoms with Gasteiger partial charge in [-0.1, -0.05) is 6.07 Å². The average Bonchev–Trinajstić information content (AvgIpc) is 2.48. The Bertz CT molecular complexity index is 627. The maximum Gasteiger partial charge on any atom is 0.133 e. The number of pyridine rings is 1. The van der Waals surface area contributed by atoms with Crippen LogP contribution in [-0.4, -0.2) is 31.2 Å². The Morgan fingerprint density at radius 1 is 1.14 bits per heavy atom. The molecule has 1 saturated heterocycles. The monoisotopic (exact) mass is 283 g/mol. The van der Waals surface area contributed by atoms with Crippen molar-refractivity contribution in [1.29, 1.82) is 0 Å².